The molecule has 1 N–H and O–H groups in total. The van der Waals surface area contributed by atoms with Crippen LogP contribution in [-0.4, -0.2) is 48.4 Å². The van der Waals surface area contributed by atoms with Crippen molar-refractivity contribution in [1.82, 2.24) is 9.29 Å². The summed E-state index contributed by atoms with van der Waals surface area (Å²) in [5, 5.41) is 8.20. The lowest BCUT2D eigenvalue weighted by Gasteiger charge is -2.26. The van der Waals surface area contributed by atoms with Crippen LogP contribution in [0.2, 0.25) is 0 Å². The van der Waals surface area contributed by atoms with Gasteiger partial charge in [0.15, 0.2) is 5.69 Å². The maximum absolute atomic E-state index is 13.4. The molecule has 0 saturated carbocycles. The van der Waals surface area contributed by atoms with Crippen LogP contribution in [0.3, 0.4) is 0 Å². The number of ether oxygens (including phenoxy) is 1. The fourth-order valence-electron chi connectivity index (χ4n) is 2.74. The number of sulfonamides is 1. The first-order chi connectivity index (χ1) is 13.7. The Morgan fingerprint density at radius 2 is 1.93 bits per heavy atom. The van der Waals surface area contributed by atoms with Crippen molar-refractivity contribution in [3.63, 3.8) is 0 Å². The molecule has 1 heterocycles. The van der Waals surface area contributed by atoms with Gasteiger partial charge in [-0.05, 0) is 18.6 Å². The molecule has 9 heteroatoms. The van der Waals surface area contributed by atoms with E-state index in [4.69, 9.17) is 0 Å². The molecule has 0 aliphatic carbocycles. The van der Waals surface area contributed by atoms with Crippen LogP contribution < -0.4 is 0 Å². The van der Waals surface area contributed by atoms with Crippen molar-refractivity contribution in [3.05, 3.63) is 77.6 Å². The molecule has 8 nitrogen and oxygen atoms in total. The van der Waals surface area contributed by atoms with E-state index in [0.29, 0.717) is 5.56 Å². The topological polar surface area (TPSA) is 114 Å². The number of aryl methyl sites for hydroxylation is 1. The quantitative estimate of drug-likeness (QED) is 0.491. The number of nitrogens with zero attached hydrogens (tertiary/aromatic N) is 2. The minimum atomic E-state index is -4.13. The minimum absolute atomic E-state index is 0.152. The van der Waals surface area contributed by atoms with Gasteiger partial charge in [-0.3, -0.25) is 4.79 Å². The van der Waals surface area contributed by atoms with Crippen LogP contribution in [0.5, 0.6) is 0 Å². The summed E-state index contributed by atoms with van der Waals surface area (Å²) < 4.78 is 32.2. The summed E-state index contributed by atoms with van der Waals surface area (Å²) in [5.74, 6) is -2.07. The van der Waals surface area contributed by atoms with Gasteiger partial charge in [0.1, 0.15) is 11.8 Å². The van der Waals surface area contributed by atoms with Gasteiger partial charge in [0, 0.05) is 18.3 Å². The highest BCUT2D eigenvalue weighted by atomic mass is 32.2. The molecule has 0 amide bonds. The summed E-state index contributed by atoms with van der Waals surface area (Å²) in [6, 6.07) is 9.83. The minimum Gasteiger partial charge on any atom is -0.477 e. The highest BCUT2D eigenvalue weighted by molar-refractivity contribution is 7.89. The molecule has 0 aliphatic rings. The number of pyridine rings is 1. The van der Waals surface area contributed by atoms with Crippen molar-refractivity contribution < 1.29 is 27.9 Å². The van der Waals surface area contributed by atoms with Crippen LogP contribution >= 0.6 is 0 Å². The lowest BCUT2D eigenvalue weighted by Crippen LogP contribution is -2.38. The summed E-state index contributed by atoms with van der Waals surface area (Å²) >= 11 is 0. The Hall–Kier alpha value is -3.04. The molecule has 2 aromatic rings. The zero-order chi connectivity index (χ0) is 21.6. The maximum atomic E-state index is 13.4. The maximum Gasteiger partial charge on any atom is 0.354 e. The molecule has 0 aliphatic heterocycles. The largest absolute Gasteiger partial charge is 0.477 e. The molecule has 1 atom stereocenters. The van der Waals surface area contributed by atoms with Gasteiger partial charge in [-0.2, -0.15) is 4.31 Å². The number of carboxylic acids is 1. The fraction of sp³-hybridized carbons (Fsp3) is 0.250. The van der Waals surface area contributed by atoms with Crippen LogP contribution in [0.1, 0.15) is 32.4 Å². The zero-order valence-electron chi connectivity index (χ0n) is 16.1. The van der Waals surface area contributed by atoms with E-state index in [-0.39, 0.29) is 17.8 Å². The van der Waals surface area contributed by atoms with E-state index in [1.54, 1.807) is 24.3 Å². The van der Waals surface area contributed by atoms with Gasteiger partial charge in [0.2, 0.25) is 10.0 Å². The van der Waals surface area contributed by atoms with E-state index in [1.165, 1.54) is 24.4 Å². The van der Waals surface area contributed by atoms with E-state index in [9.17, 15) is 23.1 Å². The molecular weight excluding hydrogens is 396 g/mol. The van der Waals surface area contributed by atoms with Crippen molar-refractivity contribution in [2.24, 2.45) is 0 Å². The van der Waals surface area contributed by atoms with Crippen LogP contribution in [0.25, 0.3) is 0 Å². The third kappa shape index (κ3) is 5.27. The van der Waals surface area contributed by atoms with Crippen LogP contribution in [0.4, 0.5) is 0 Å². The van der Waals surface area contributed by atoms with E-state index in [0.717, 1.165) is 17.0 Å². The molecule has 1 aromatic heterocycles. The van der Waals surface area contributed by atoms with Crippen molar-refractivity contribution >= 4 is 22.0 Å². The first kappa shape index (κ1) is 22.3. The van der Waals surface area contributed by atoms with Gasteiger partial charge in [0.05, 0.1) is 7.11 Å². The van der Waals surface area contributed by atoms with Gasteiger partial charge in [-0.15, -0.1) is 6.58 Å². The molecule has 0 radical (unpaired) electrons. The van der Waals surface area contributed by atoms with Crippen molar-refractivity contribution in [2.75, 3.05) is 13.7 Å². The first-order valence-electron chi connectivity index (χ1n) is 8.62. The summed E-state index contributed by atoms with van der Waals surface area (Å²) in [7, 11) is -2.99. The third-order valence-electron chi connectivity index (χ3n) is 4.27. The summed E-state index contributed by atoms with van der Waals surface area (Å²) in [4.78, 5) is 27.1. The lowest BCUT2D eigenvalue weighted by molar-refractivity contribution is -0.140. The normalized spacial score (nSPS) is 12.4. The van der Waals surface area contributed by atoms with Crippen molar-refractivity contribution in [3.8, 4) is 0 Å². The number of carbonyl (C=O) groups excluding carboxylic acids is 1. The Balaban J connectivity index is 2.49. The number of aromatic nitrogens is 1. The van der Waals surface area contributed by atoms with E-state index >= 15 is 0 Å². The number of carbonyl (C=O) groups is 2. The molecular formula is C20H22N2O6S. The third-order valence-corrected chi connectivity index (χ3v) is 6.36. The second-order valence-corrected chi connectivity index (χ2v) is 8.33. The summed E-state index contributed by atoms with van der Waals surface area (Å²) in [6.45, 7) is 4.57. The number of benzene rings is 1. The Morgan fingerprint density at radius 1 is 1.28 bits per heavy atom. The molecule has 0 fully saturated rings. The Bertz CT molecular complexity index is 1000. The van der Waals surface area contributed by atoms with Crippen molar-refractivity contribution in [2.45, 2.75) is 18.7 Å². The number of hydrogen-bond acceptors (Lipinski definition) is 6. The van der Waals surface area contributed by atoms with Gasteiger partial charge < -0.3 is 9.84 Å². The predicted octanol–water partition coefficient (Wildman–Crippen LogP) is 2.32. The Labute approximate surface area is 169 Å². The van der Waals surface area contributed by atoms with Gasteiger partial charge in [-0.1, -0.05) is 42.0 Å². The second kappa shape index (κ2) is 9.44. The first-order valence-corrected chi connectivity index (χ1v) is 10.1. The van der Waals surface area contributed by atoms with E-state index in [1.807, 2.05) is 6.92 Å². The smallest absolute Gasteiger partial charge is 0.354 e. The van der Waals surface area contributed by atoms with Crippen LogP contribution in [-0.2, 0) is 26.1 Å². The number of hydrogen-bond donors (Lipinski definition) is 1. The Morgan fingerprint density at radius 3 is 2.48 bits per heavy atom. The number of aromatic carboxylic acids is 1. The summed E-state index contributed by atoms with van der Waals surface area (Å²) in [6.07, 6.45) is 2.57. The number of esters is 1. The summed E-state index contributed by atoms with van der Waals surface area (Å²) in [5.41, 5.74) is 1.30. The molecule has 0 spiro atoms. The van der Waals surface area contributed by atoms with Gasteiger partial charge in [0.25, 0.3) is 0 Å². The van der Waals surface area contributed by atoms with E-state index < -0.39 is 33.8 Å². The molecule has 0 saturated heterocycles. The van der Waals surface area contributed by atoms with Crippen molar-refractivity contribution in [1.29, 1.82) is 0 Å². The van der Waals surface area contributed by atoms with Gasteiger partial charge >= 0.3 is 11.9 Å². The molecule has 1 unspecified atom stereocenters. The lowest BCUT2D eigenvalue weighted by atomic mass is 10.1. The zero-order valence-corrected chi connectivity index (χ0v) is 16.9. The van der Waals surface area contributed by atoms with Crippen LogP contribution in [0.15, 0.2) is 55.3 Å². The van der Waals surface area contributed by atoms with Gasteiger partial charge in [-0.25, -0.2) is 18.2 Å². The molecule has 2 rings (SSSR count). The number of rotatable bonds is 9. The standard InChI is InChI=1S/C20H22N2O6S/c1-4-17(15-9-7-14(2)8-10-15)29(26,27)22(13-18(23)28-3)12-16-6-5-11-21-19(16)20(24)25/h4-11,17H,1,12-13H2,2-3H3,(H,24,25). The van der Waals surface area contributed by atoms with E-state index in [2.05, 4.69) is 16.3 Å². The Kier molecular flexibility index (Phi) is 7.24. The van der Waals surface area contributed by atoms with Crippen LogP contribution in [0, 0.1) is 6.92 Å². The second-order valence-electron chi connectivity index (χ2n) is 6.27. The highest BCUT2D eigenvalue weighted by Gasteiger charge is 2.34. The monoisotopic (exact) mass is 418 g/mol. The SMILES string of the molecule is C=CC(c1ccc(C)cc1)S(=O)(=O)N(CC(=O)OC)Cc1cccnc1C(=O)O. The average molecular weight is 418 g/mol. The highest BCUT2D eigenvalue weighted by Crippen LogP contribution is 2.28. The number of carboxylic acid groups (broad SMARTS) is 1. The molecule has 1 aromatic carbocycles. The molecule has 29 heavy (non-hydrogen) atoms. The number of methoxy groups -OCH3 is 1. The predicted molar refractivity (Wildman–Crippen MR) is 107 cm³/mol. The molecule has 154 valence electrons. The fourth-order valence-corrected chi connectivity index (χ4v) is 4.41. The average Bonchev–Trinajstić information content (AvgIpc) is 2.69. The molecule has 0 bridgehead atoms.